The van der Waals surface area contributed by atoms with Gasteiger partial charge in [0.05, 0.1) is 19.3 Å². The van der Waals surface area contributed by atoms with Crippen LogP contribution in [0.15, 0.2) is 0 Å². The van der Waals surface area contributed by atoms with E-state index in [1.165, 1.54) is 0 Å². The highest BCUT2D eigenvalue weighted by molar-refractivity contribution is 7.17. The van der Waals surface area contributed by atoms with Gasteiger partial charge in [0.2, 0.25) is 0 Å². The lowest BCUT2D eigenvalue weighted by molar-refractivity contribution is 0.126. The summed E-state index contributed by atoms with van der Waals surface area (Å²) in [7, 11) is -1.36. The first-order valence-corrected chi connectivity index (χ1v) is 5.42. The van der Waals surface area contributed by atoms with Crippen LogP contribution < -0.4 is 0 Å². The lowest BCUT2D eigenvalue weighted by Crippen LogP contribution is -2.15. The Labute approximate surface area is 79.8 Å². The van der Waals surface area contributed by atoms with Gasteiger partial charge in [0.1, 0.15) is 0 Å². The lowest BCUT2D eigenvalue weighted by Gasteiger charge is -2.09. The van der Waals surface area contributed by atoms with Crippen molar-refractivity contribution in [2.45, 2.75) is 12.5 Å². The van der Waals surface area contributed by atoms with E-state index in [-0.39, 0.29) is 13.2 Å². The highest BCUT2D eigenvalue weighted by Gasteiger charge is 2.10. The Morgan fingerprint density at radius 1 is 1.00 bits per heavy atom. The highest BCUT2D eigenvalue weighted by Crippen LogP contribution is 2.11. The summed E-state index contributed by atoms with van der Waals surface area (Å²) >= 11 is 0. The largest absolute Gasteiger partial charge is 0.327 e. The molecule has 0 radical (unpaired) electrons. The Kier molecular flexibility index (Phi) is 10.4. The van der Waals surface area contributed by atoms with Crippen LogP contribution in [-0.4, -0.2) is 19.3 Å². The van der Waals surface area contributed by atoms with Crippen molar-refractivity contribution < 1.29 is 27.3 Å². The standard InChI is InChI=1S/C4H7O6P3/c5-11-8-2-1-4(10-13-7)3-9-12-6/h4H,1-3H2. The second kappa shape index (κ2) is 10.3. The van der Waals surface area contributed by atoms with Crippen molar-refractivity contribution in [1.82, 2.24) is 0 Å². The Balaban J connectivity index is 3.57. The van der Waals surface area contributed by atoms with E-state index in [0.717, 1.165) is 0 Å². The maximum Gasteiger partial charge on any atom is 0.327 e. The molecule has 0 saturated heterocycles. The summed E-state index contributed by atoms with van der Waals surface area (Å²) in [5, 5.41) is 0. The lowest BCUT2D eigenvalue weighted by atomic mass is 10.3. The average Bonchev–Trinajstić information content (AvgIpc) is 2.14. The van der Waals surface area contributed by atoms with E-state index in [9.17, 15) is 13.7 Å². The smallest absolute Gasteiger partial charge is 0.294 e. The molecule has 0 aromatic carbocycles. The van der Waals surface area contributed by atoms with Gasteiger partial charge < -0.3 is 0 Å². The predicted octanol–water partition coefficient (Wildman–Crippen LogP) is 2.42. The monoisotopic (exact) mass is 244 g/mol. The van der Waals surface area contributed by atoms with Crippen molar-refractivity contribution in [2.75, 3.05) is 13.2 Å². The first-order chi connectivity index (χ1) is 6.35. The molecule has 1 unspecified atom stereocenters. The van der Waals surface area contributed by atoms with Gasteiger partial charge in [0.25, 0.3) is 0 Å². The maximum absolute atomic E-state index is 10.0. The van der Waals surface area contributed by atoms with Crippen molar-refractivity contribution in [1.29, 1.82) is 0 Å². The Morgan fingerprint density at radius 3 is 2.23 bits per heavy atom. The zero-order valence-electron chi connectivity index (χ0n) is 6.49. The third-order valence-corrected chi connectivity index (χ3v) is 2.02. The van der Waals surface area contributed by atoms with E-state index in [1.807, 2.05) is 0 Å². The van der Waals surface area contributed by atoms with Gasteiger partial charge in [-0.15, -0.1) is 0 Å². The van der Waals surface area contributed by atoms with Crippen molar-refractivity contribution in [2.24, 2.45) is 0 Å². The molecule has 0 N–H and O–H groups in total. The maximum atomic E-state index is 10.0. The summed E-state index contributed by atoms with van der Waals surface area (Å²) in [5.41, 5.74) is 0. The molecule has 0 rings (SSSR count). The van der Waals surface area contributed by atoms with Crippen LogP contribution in [0.1, 0.15) is 6.42 Å². The molecule has 0 bridgehead atoms. The molecule has 0 saturated carbocycles. The van der Waals surface area contributed by atoms with Gasteiger partial charge in [-0.25, -0.2) is 13.7 Å². The fourth-order valence-corrected chi connectivity index (χ4v) is 1.26. The minimum Gasteiger partial charge on any atom is -0.294 e. The van der Waals surface area contributed by atoms with E-state index < -0.39 is 32.2 Å². The molecule has 13 heavy (non-hydrogen) atoms. The van der Waals surface area contributed by atoms with E-state index in [2.05, 4.69) is 13.6 Å². The molecule has 0 amide bonds. The van der Waals surface area contributed by atoms with Crippen LogP contribution >= 0.6 is 26.1 Å². The fourth-order valence-electron chi connectivity index (χ4n) is 0.562. The fraction of sp³-hybridized carbons (Fsp3) is 1.00. The molecule has 0 aromatic rings. The molecule has 9 heteroatoms. The van der Waals surface area contributed by atoms with E-state index in [1.54, 1.807) is 0 Å². The summed E-state index contributed by atoms with van der Waals surface area (Å²) < 4.78 is 43.4. The molecular formula is C4H7O6P3. The van der Waals surface area contributed by atoms with Gasteiger partial charge in [-0.3, -0.25) is 13.6 Å². The third-order valence-electron chi connectivity index (χ3n) is 1.09. The third kappa shape index (κ3) is 8.51. The number of rotatable bonds is 9. The summed E-state index contributed by atoms with van der Waals surface area (Å²) in [6.07, 6.45) is -0.123. The molecule has 0 spiro atoms. The molecule has 0 aromatic heterocycles. The first kappa shape index (κ1) is 13.2. The van der Waals surface area contributed by atoms with Crippen LogP contribution in [0.25, 0.3) is 0 Å². The number of hydrogen-bond donors (Lipinski definition) is 0. The van der Waals surface area contributed by atoms with E-state index in [0.29, 0.717) is 6.42 Å². The molecule has 0 aliphatic rings. The second-order valence-corrected chi connectivity index (χ2v) is 3.04. The van der Waals surface area contributed by atoms with Crippen molar-refractivity contribution in [3.63, 3.8) is 0 Å². The molecule has 74 valence electrons. The first-order valence-electron chi connectivity index (χ1n) is 3.22. The van der Waals surface area contributed by atoms with Crippen LogP contribution in [-0.2, 0) is 27.3 Å². The van der Waals surface area contributed by atoms with Crippen molar-refractivity contribution in [3.05, 3.63) is 0 Å². The molecular weight excluding hydrogens is 237 g/mol. The van der Waals surface area contributed by atoms with Crippen molar-refractivity contribution in [3.8, 4) is 0 Å². The van der Waals surface area contributed by atoms with Crippen LogP contribution in [0, 0.1) is 0 Å². The normalized spacial score (nSPS) is 13.8. The topological polar surface area (TPSA) is 78.9 Å². The van der Waals surface area contributed by atoms with Gasteiger partial charge in [-0.1, -0.05) is 0 Å². The zero-order valence-corrected chi connectivity index (χ0v) is 9.17. The SMILES string of the molecule is O=POCCC(COP=O)OP=O. The van der Waals surface area contributed by atoms with Gasteiger partial charge in [0, 0.05) is 6.42 Å². The molecule has 0 heterocycles. The Hall–Kier alpha value is 0.180. The van der Waals surface area contributed by atoms with Crippen LogP contribution in [0.4, 0.5) is 0 Å². The summed E-state index contributed by atoms with van der Waals surface area (Å²) in [4.78, 5) is 0. The van der Waals surface area contributed by atoms with Gasteiger partial charge in [-0.05, 0) is 0 Å². The molecule has 0 aliphatic carbocycles. The summed E-state index contributed by atoms with van der Waals surface area (Å²) in [6, 6.07) is 0. The minimum absolute atomic E-state index is 0.0411. The summed E-state index contributed by atoms with van der Waals surface area (Å²) in [6.45, 7) is 0.226. The molecule has 1 atom stereocenters. The Morgan fingerprint density at radius 2 is 1.69 bits per heavy atom. The highest BCUT2D eigenvalue weighted by atomic mass is 31.1. The predicted molar refractivity (Wildman–Crippen MR) is 44.2 cm³/mol. The van der Waals surface area contributed by atoms with Crippen LogP contribution in [0.5, 0.6) is 0 Å². The van der Waals surface area contributed by atoms with Crippen LogP contribution in [0.3, 0.4) is 0 Å². The van der Waals surface area contributed by atoms with E-state index >= 15 is 0 Å². The molecule has 0 fully saturated rings. The second-order valence-electron chi connectivity index (χ2n) is 1.87. The quantitative estimate of drug-likeness (QED) is 0.457. The summed E-state index contributed by atoms with van der Waals surface area (Å²) in [5.74, 6) is 0. The van der Waals surface area contributed by atoms with Gasteiger partial charge in [0.15, 0.2) is 0 Å². The van der Waals surface area contributed by atoms with E-state index in [4.69, 9.17) is 0 Å². The van der Waals surface area contributed by atoms with Crippen LogP contribution in [0.2, 0.25) is 0 Å². The van der Waals surface area contributed by atoms with Gasteiger partial charge in [-0.2, -0.15) is 0 Å². The molecule has 0 aliphatic heterocycles. The van der Waals surface area contributed by atoms with Crippen molar-refractivity contribution >= 4 is 26.1 Å². The number of hydrogen-bond acceptors (Lipinski definition) is 6. The zero-order chi connectivity index (χ0) is 9.94. The Bertz CT molecular complexity index is 164. The minimum atomic E-state index is -0.484. The van der Waals surface area contributed by atoms with Gasteiger partial charge >= 0.3 is 26.1 Å². The molecule has 6 nitrogen and oxygen atoms in total. The average molecular weight is 244 g/mol.